The molecule has 1 aliphatic rings. The summed E-state index contributed by atoms with van der Waals surface area (Å²) in [6.07, 6.45) is 1.71. The second-order valence-corrected chi connectivity index (χ2v) is 6.83. The average molecular weight is 400 g/mol. The van der Waals surface area contributed by atoms with E-state index >= 15 is 0 Å². The summed E-state index contributed by atoms with van der Waals surface area (Å²) in [6.45, 7) is 8.37. The summed E-state index contributed by atoms with van der Waals surface area (Å²) in [5.41, 5.74) is -0.700. The Morgan fingerprint density at radius 1 is 0.793 bits per heavy atom. The lowest BCUT2D eigenvalue weighted by Crippen LogP contribution is -2.42. The van der Waals surface area contributed by atoms with Crippen LogP contribution in [0.4, 0.5) is 0 Å². The quantitative estimate of drug-likeness (QED) is 0.729. The minimum Gasteiger partial charge on any atom is -0.487 e. The summed E-state index contributed by atoms with van der Waals surface area (Å²) in [4.78, 5) is 0. The van der Waals surface area contributed by atoms with Crippen molar-refractivity contribution in [2.24, 2.45) is 0 Å². The van der Waals surface area contributed by atoms with Gasteiger partial charge >= 0.3 is 0 Å². The highest BCUT2D eigenvalue weighted by Gasteiger charge is 2.28. The van der Waals surface area contributed by atoms with Crippen molar-refractivity contribution in [3.63, 3.8) is 0 Å². The monoisotopic (exact) mass is 400 g/mol. The van der Waals surface area contributed by atoms with Gasteiger partial charge in [0.15, 0.2) is 23.0 Å². The molecule has 0 bridgehead atoms. The van der Waals surface area contributed by atoms with Gasteiger partial charge < -0.3 is 28.4 Å². The van der Waals surface area contributed by atoms with Gasteiger partial charge in [0.1, 0.15) is 32.0 Å². The van der Waals surface area contributed by atoms with Crippen LogP contribution in [0.15, 0.2) is 61.2 Å². The fourth-order valence-corrected chi connectivity index (χ4v) is 2.75. The third kappa shape index (κ3) is 6.41. The highest BCUT2D eigenvalue weighted by molar-refractivity contribution is 5.40. The fraction of sp³-hybridized carbons (Fsp3) is 0.391. The van der Waals surface area contributed by atoms with Gasteiger partial charge in [-0.15, -0.1) is 6.58 Å². The Balaban J connectivity index is 1.80. The summed E-state index contributed by atoms with van der Waals surface area (Å²) in [5.74, 6) is 2.63. The molecule has 0 atom stereocenters. The zero-order valence-corrected chi connectivity index (χ0v) is 16.8. The smallest absolute Gasteiger partial charge is 0.161 e. The van der Waals surface area contributed by atoms with Crippen molar-refractivity contribution in [2.45, 2.75) is 12.5 Å². The molecule has 3 rings (SSSR count). The maximum atomic E-state index is 6.05. The Labute approximate surface area is 171 Å². The molecule has 2 aromatic rings. The number of ether oxygens (including phenoxy) is 6. The van der Waals surface area contributed by atoms with Crippen LogP contribution in [-0.4, -0.2) is 51.8 Å². The van der Waals surface area contributed by atoms with Crippen molar-refractivity contribution < 1.29 is 28.4 Å². The van der Waals surface area contributed by atoms with Crippen LogP contribution in [0.3, 0.4) is 0 Å². The van der Waals surface area contributed by atoms with E-state index in [1.54, 1.807) is 6.08 Å². The number of benzene rings is 2. The average Bonchev–Trinajstić information content (AvgIpc) is 2.75. The lowest BCUT2D eigenvalue weighted by Gasteiger charge is -2.30. The normalized spacial score (nSPS) is 17.3. The first-order valence-electron chi connectivity index (χ1n) is 9.72. The van der Waals surface area contributed by atoms with Gasteiger partial charge in [0.05, 0.1) is 19.8 Å². The van der Waals surface area contributed by atoms with Crippen LogP contribution in [0.5, 0.6) is 23.0 Å². The Kier molecular flexibility index (Phi) is 7.78. The molecule has 6 heteroatoms. The number of hydrogen-bond acceptors (Lipinski definition) is 6. The van der Waals surface area contributed by atoms with E-state index in [1.807, 2.05) is 55.5 Å². The molecule has 0 radical (unpaired) electrons. The summed E-state index contributed by atoms with van der Waals surface area (Å²) in [7, 11) is 0. The molecule has 0 saturated heterocycles. The van der Waals surface area contributed by atoms with E-state index in [4.69, 9.17) is 28.4 Å². The van der Waals surface area contributed by atoms with Crippen molar-refractivity contribution in [3.05, 3.63) is 61.2 Å². The molecule has 0 saturated carbocycles. The first-order chi connectivity index (χ1) is 14.2. The van der Waals surface area contributed by atoms with E-state index in [9.17, 15) is 0 Å². The van der Waals surface area contributed by atoms with Gasteiger partial charge in [0, 0.05) is 0 Å². The summed E-state index contributed by atoms with van der Waals surface area (Å²) >= 11 is 0. The molecular weight excluding hydrogens is 372 g/mol. The molecule has 1 heterocycles. The van der Waals surface area contributed by atoms with Crippen LogP contribution in [0.2, 0.25) is 0 Å². The van der Waals surface area contributed by atoms with Crippen LogP contribution < -0.4 is 18.9 Å². The summed E-state index contributed by atoms with van der Waals surface area (Å²) < 4.78 is 35.3. The molecule has 0 aromatic heterocycles. The molecule has 1 aliphatic heterocycles. The summed E-state index contributed by atoms with van der Waals surface area (Å²) in [6, 6.07) is 15.1. The van der Waals surface area contributed by atoms with Gasteiger partial charge in [-0.25, -0.2) is 0 Å². The zero-order chi connectivity index (χ0) is 20.4. The maximum Gasteiger partial charge on any atom is 0.161 e. The highest BCUT2D eigenvalue weighted by atomic mass is 16.6. The van der Waals surface area contributed by atoms with Crippen LogP contribution >= 0.6 is 0 Å². The lowest BCUT2D eigenvalue weighted by molar-refractivity contribution is -0.0746. The van der Waals surface area contributed by atoms with Crippen LogP contribution in [0.25, 0.3) is 0 Å². The zero-order valence-electron chi connectivity index (χ0n) is 16.8. The van der Waals surface area contributed by atoms with E-state index in [0.717, 1.165) is 0 Å². The third-order valence-electron chi connectivity index (χ3n) is 4.28. The molecule has 156 valence electrons. The highest BCUT2D eigenvalue weighted by Crippen LogP contribution is 2.30. The van der Waals surface area contributed by atoms with Gasteiger partial charge in [0.25, 0.3) is 0 Å². The SMILES string of the molecule is C=CCOC1(C)COc2ccccc2OCCOCCOc2ccccc2OC1. The molecule has 0 spiro atoms. The molecule has 2 aromatic carbocycles. The molecule has 0 aliphatic carbocycles. The molecule has 29 heavy (non-hydrogen) atoms. The minimum atomic E-state index is -0.700. The van der Waals surface area contributed by atoms with Crippen molar-refractivity contribution in [2.75, 3.05) is 46.2 Å². The van der Waals surface area contributed by atoms with Crippen molar-refractivity contribution >= 4 is 0 Å². The second kappa shape index (κ2) is 10.7. The Morgan fingerprint density at radius 2 is 1.24 bits per heavy atom. The van der Waals surface area contributed by atoms with E-state index in [1.165, 1.54) is 0 Å². The number of rotatable bonds is 3. The van der Waals surface area contributed by atoms with Gasteiger partial charge in [-0.05, 0) is 31.2 Å². The van der Waals surface area contributed by atoms with Crippen LogP contribution in [-0.2, 0) is 9.47 Å². The van der Waals surface area contributed by atoms with E-state index in [2.05, 4.69) is 6.58 Å². The standard InChI is InChI=1S/C23H28O6/c1-3-12-29-23(2)17-27-21-10-6-4-8-19(21)25-15-13-24-14-16-26-20-9-5-7-11-22(20)28-18-23/h3-11H,1,12-18H2,2H3. The molecule has 0 N–H and O–H groups in total. The molecule has 0 fully saturated rings. The van der Waals surface area contributed by atoms with Gasteiger partial charge in [-0.2, -0.15) is 0 Å². The predicted octanol–water partition coefficient (Wildman–Crippen LogP) is 3.89. The summed E-state index contributed by atoms with van der Waals surface area (Å²) in [5, 5.41) is 0. The van der Waals surface area contributed by atoms with Crippen molar-refractivity contribution in [1.82, 2.24) is 0 Å². The molecular formula is C23H28O6. The van der Waals surface area contributed by atoms with E-state index in [-0.39, 0.29) is 13.2 Å². The first-order valence-corrected chi connectivity index (χ1v) is 9.72. The van der Waals surface area contributed by atoms with Gasteiger partial charge in [0.2, 0.25) is 0 Å². The van der Waals surface area contributed by atoms with Crippen LogP contribution in [0.1, 0.15) is 6.92 Å². The minimum absolute atomic E-state index is 0.279. The predicted molar refractivity (Wildman–Crippen MR) is 110 cm³/mol. The third-order valence-corrected chi connectivity index (χ3v) is 4.28. The Bertz CT molecular complexity index is 720. The second-order valence-electron chi connectivity index (χ2n) is 6.83. The number of fused-ring (bicyclic) bond motifs is 2. The molecule has 0 amide bonds. The van der Waals surface area contributed by atoms with E-state index in [0.29, 0.717) is 56.0 Å². The topological polar surface area (TPSA) is 55.4 Å². The van der Waals surface area contributed by atoms with E-state index < -0.39 is 5.60 Å². The maximum absolute atomic E-state index is 6.05. The number of hydrogen-bond donors (Lipinski definition) is 0. The number of para-hydroxylation sites is 4. The van der Waals surface area contributed by atoms with Gasteiger partial charge in [-0.3, -0.25) is 0 Å². The fourth-order valence-electron chi connectivity index (χ4n) is 2.75. The lowest BCUT2D eigenvalue weighted by atomic mass is 10.1. The molecule has 0 unspecified atom stereocenters. The molecule has 6 nitrogen and oxygen atoms in total. The van der Waals surface area contributed by atoms with Gasteiger partial charge in [-0.1, -0.05) is 30.3 Å². The Hall–Kier alpha value is -2.70. The largest absolute Gasteiger partial charge is 0.487 e. The van der Waals surface area contributed by atoms with Crippen molar-refractivity contribution in [3.8, 4) is 23.0 Å². The first kappa shape index (κ1) is 21.0. The Morgan fingerprint density at radius 3 is 1.69 bits per heavy atom. The van der Waals surface area contributed by atoms with Crippen molar-refractivity contribution in [1.29, 1.82) is 0 Å². The van der Waals surface area contributed by atoms with Crippen LogP contribution in [0, 0.1) is 0 Å².